The molecule has 0 aliphatic heterocycles. The fourth-order valence-electron chi connectivity index (χ4n) is 3.29. The second kappa shape index (κ2) is 7.96. The summed E-state index contributed by atoms with van der Waals surface area (Å²) < 4.78 is 9.15. The molecule has 1 aromatic carbocycles. The van der Waals surface area contributed by atoms with Crippen LogP contribution in [0.5, 0.6) is 5.75 Å². The Morgan fingerprint density at radius 2 is 2.00 bits per heavy atom. The first-order chi connectivity index (χ1) is 12.9. The number of methoxy groups -OCH3 is 1. The lowest BCUT2D eigenvalue weighted by Gasteiger charge is -2.13. The van der Waals surface area contributed by atoms with E-state index in [1.807, 2.05) is 44.2 Å². The topological polar surface area (TPSA) is 74.8 Å². The Morgan fingerprint density at radius 3 is 2.67 bits per heavy atom. The Balaban J connectivity index is 1.80. The third kappa shape index (κ3) is 3.75. The monoisotopic (exact) mass is 385 g/mol. The highest BCUT2D eigenvalue weighted by Crippen LogP contribution is 2.27. The molecular weight excluding hydrogens is 362 g/mol. The molecule has 0 fully saturated rings. The Bertz CT molecular complexity index is 961. The minimum atomic E-state index is 0.0644. The van der Waals surface area contributed by atoms with Gasteiger partial charge in [0.25, 0.3) is 0 Å². The number of ketones is 1. The van der Waals surface area contributed by atoms with Crippen LogP contribution in [-0.4, -0.2) is 43.4 Å². The maximum absolute atomic E-state index is 12.8. The normalized spacial score (nSPS) is 11.2. The largest absolute Gasteiger partial charge is 0.494 e. The van der Waals surface area contributed by atoms with Gasteiger partial charge in [-0.15, -0.1) is 5.10 Å². The van der Waals surface area contributed by atoms with Gasteiger partial charge in [-0.1, -0.05) is 23.9 Å². The summed E-state index contributed by atoms with van der Waals surface area (Å²) in [5.74, 6) is 0.991. The van der Waals surface area contributed by atoms with Gasteiger partial charge in [-0.2, -0.15) is 4.68 Å². The van der Waals surface area contributed by atoms with E-state index in [-0.39, 0.29) is 11.5 Å². The molecule has 3 aromatic rings. The fourth-order valence-corrected chi connectivity index (χ4v) is 4.05. The highest BCUT2D eigenvalue weighted by atomic mass is 32.2. The standard InChI is InChI=1S/C19H23N5O2S/c1-12(2)23-13(3)10-15(14(23)4)17(25)11-27-19-20-21-22-24(19)16-8-6-7-9-18(16)26-5/h6-10,12H,11H2,1-5H3. The first-order valence-corrected chi connectivity index (χ1v) is 9.68. The number of aryl methyl sites for hydroxylation is 1. The van der Waals surface area contributed by atoms with Gasteiger partial charge in [0, 0.05) is 23.0 Å². The highest BCUT2D eigenvalue weighted by Gasteiger charge is 2.19. The molecule has 0 aliphatic carbocycles. The van der Waals surface area contributed by atoms with Gasteiger partial charge in [-0.05, 0) is 56.3 Å². The summed E-state index contributed by atoms with van der Waals surface area (Å²) in [5.41, 5.74) is 3.58. The van der Waals surface area contributed by atoms with E-state index in [0.29, 0.717) is 16.9 Å². The molecule has 0 atom stereocenters. The van der Waals surface area contributed by atoms with Crippen LogP contribution in [0.1, 0.15) is 41.6 Å². The number of hydrogen-bond acceptors (Lipinski definition) is 6. The smallest absolute Gasteiger partial charge is 0.214 e. The van der Waals surface area contributed by atoms with Crippen molar-refractivity contribution in [2.75, 3.05) is 12.9 Å². The maximum Gasteiger partial charge on any atom is 0.214 e. The van der Waals surface area contributed by atoms with Crippen LogP contribution < -0.4 is 4.74 Å². The Morgan fingerprint density at radius 1 is 1.26 bits per heavy atom. The average Bonchev–Trinajstić information content (AvgIpc) is 3.23. The first kappa shape index (κ1) is 19.2. The molecule has 2 aromatic heterocycles. The zero-order valence-corrected chi connectivity index (χ0v) is 16.9. The van der Waals surface area contributed by atoms with E-state index in [0.717, 1.165) is 22.6 Å². The molecule has 0 N–H and O–H groups in total. The van der Waals surface area contributed by atoms with Crippen molar-refractivity contribution in [1.29, 1.82) is 0 Å². The van der Waals surface area contributed by atoms with Crippen molar-refractivity contribution >= 4 is 17.5 Å². The van der Waals surface area contributed by atoms with E-state index in [4.69, 9.17) is 4.74 Å². The zero-order valence-electron chi connectivity index (χ0n) is 16.1. The predicted molar refractivity (Wildman–Crippen MR) is 105 cm³/mol. The molecular formula is C19H23N5O2S. The van der Waals surface area contributed by atoms with E-state index >= 15 is 0 Å². The second-order valence-corrected chi connectivity index (χ2v) is 7.45. The number of thioether (sulfide) groups is 1. The number of nitrogens with zero attached hydrogens (tertiary/aromatic N) is 5. The number of benzene rings is 1. The summed E-state index contributed by atoms with van der Waals surface area (Å²) in [6.07, 6.45) is 0. The van der Waals surface area contributed by atoms with Crippen LogP contribution in [-0.2, 0) is 0 Å². The number of aromatic nitrogens is 5. The summed E-state index contributed by atoms with van der Waals surface area (Å²) in [4.78, 5) is 12.8. The van der Waals surface area contributed by atoms with Crippen LogP contribution in [0.2, 0.25) is 0 Å². The Hall–Kier alpha value is -2.61. The third-order valence-corrected chi connectivity index (χ3v) is 5.31. The van der Waals surface area contributed by atoms with E-state index in [9.17, 15) is 4.79 Å². The average molecular weight is 385 g/mol. The van der Waals surface area contributed by atoms with Crippen molar-refractivity contribution in [3.8, 4) is 11.4 Å². The summed E-state index contributed by atoms with van der Waals surface area (Å²) in [6, 6.07) is 9.76. The van der Waals surface area contributed by atoms with Gasteiger partial charge in [0.05, 0.1) is 12.9 Å². The summed E-state index contributed by atoms with van der Waals surface area (Å²) in [6.45, 7) is 8.25. The number of carbonyl (C=O) groups is 1. The lowest BCUT2D eigenvalue weighted by atomic mass is 10.2. The Labute approximate surface area is 162 Å². The molecule has 8 heteroatoms. The number of carbonyl (C=O) groups excluding carboxylic acids is 1. The van der Waals surface area contributed by atoms with Gasteiger partial charge in [0.2, 0.25) is 5.16 Å². The molecule has 0 aliphatic rings. The van der Waals surface area contributed by atoms with Gasteiger partial charge in [0.1, 0.15) is 11.4 Å². The minimum Gasteiger partial charge on any atom is -0.494 e. The summed E-state index contributed by atoms with van der Waals surface area (Å²) >= 11 is 1.32. The number of Topliss-reactive ketones (excluding diaryl/α,β-unsaturated/α-hetero) is 1. The van der Waals surface area contributed by atoms with Gasteiger partial charge < -0.3 is 9.30 Å². The minimum absolute atomic E-state index is 0.0644. The summed E-state index contributed by atoms with van der Waals surface area (Å²) in [7, 11) is 1.60. The SMILES string of the molecule is COc1ccccc1-n1nnnc1SCC(=O)c1cc(C)n(C(C)C)c1C. The van der Waals surface area contributed by atoms with E-state index in [2.05, 4.69) is 33.9 Å². The molecule has 2 heterocycles. The number of para-hydroxylation sites is 2. The number of ether oxygens (including phenoxy) is 1. The molecule has 0 spiro atoms. The quantitative estimate of drug-likeness (QED) is 0.456. The van der Waals surface area contributed by atoms with Crippen molar-refractivity contribution in [3.63, 3.8) is 0 Å². The molecule has 3 rings (SSSR count). The molecule has 0 radical (unpaired) electrons. The van der Waals surface area contributed by atoms with Crippen LogP contribution in [0, 0.1) is 13.8 Å². The molecule has 0 bridgehead atoms. The first-order valence-electron chi connectivity index (χ1n) is 8.70. The van der Waals surface area contributed by atoms with Crippen LogP contribution in [0.4, 0.5) is 0 Å². The predicted octanol–water partition coefficient (Wildman–Crippen LogP) is 3.65. The molecule has 142 valence electrons. The van der Waals surface area contributed by atoms with E-state index < -0.39 is 0 Å². The van der Waals surface area contributed by atoms with Crippen molar-refractivity contribution in [1.82, 2.24) is 24.8 Å². The zero-order chi connectivity index (χ0) is 19.6. The second-order valence-electron chi connectivity index (χ2n) is 6.51. The van der Waals surface area contributed by atoms with Crippen molar-refractivity contribution in [2.45, 2.75) is 38.9 Å². The van der Waals surface area contributed by atoms with Crippen LogP contribution in [0.15, 0.2) is 35.5 Å². The molecule has 27 heavy (non-hydrogen) atoms. The van der Waals surface area contributed by atoms with Gasteiger partial charge in [0.15, 0.2) is 5.78 Å². The van der Waals surface area contributed by atoms with Crippen molar-refractivity contribution in [3.05, 3.63) is 47.3 Å². The van der Waals surface area contributed by atoms with Crippen molar-refractivity contribution < 1.29 is 9.53 Å². The van der Waals surface area contributed by atoms with E-state index in [1.165, 1.54) is 11.8 Å². The van der Waals surface area contributed by atoms with Gasteiger partial charge in [-0.25, -0.2) is 0 Å². The van der Waals surface area contributed by atoms with Crippen molar-refractivity contribution in [2.24, 2.45) is 0 Å². The Kier molecular flexibility index (Phi) is 5.65. The lowest BCUT2D eigenvalue weighted by molar-refractivity contribution is 0.102. The number of rotatable bonds is 7. The lowest BCUT2D eigenvalue weighted by Crippen LogP contribution is -2.09. The third-order valence-electron chi connectivity index (χ3n) is 4.39. The van der Waals surface area contributed by atoms with Crippen LogP contribution in [0.25, 0.3) is 5.69 Å². The molecule has 7 nitrogen and oxygen atoms in total. The van der Waals surface area contributed by atoms with Gasteiger partial charge in [-0.3, -0.25) is 4.79 Å². The molecule has 0 saturated heterocycles. The van der Waals surface area contributed by atoms with Crippen LogP contribution in [0.3, 0.4) is 0 Å². The van der Waals surface area contributed by atoms with Gasteiger partial charge >= 0.3 is 0 Å². The van der Waals surface area contributed by atoms with E-state index in [1.54, 1.807) is 11.8 Å². The highest BCUT2D eigenvalue weighted by molar-refractivity contribution is 7.99. The number of tetrazole rings is 1. The summed E-state index contributed by atoms with van der Waals surface area (Å²) in [5, 5.41) is 12.4. The maximum atomic E-state index is 12.8. The molecule has 0 saturated carbocycles. The van der Waals surface area contributed by atoms with Crippen LogP contribution >= 0.6 is 11.8 Å². The molecule has 0 unspecified atom stereocenters. The number of hydrogen-bond donors (Lipinski definition) is 0. The molecule has 0 amide bonds. The fraction of sp³-hybridized carbons (Fsp3) is 0.368.